The molecule has 35 heavy (non-hydrogen) atoms. The smallest absolute Gasteiger partial charge is 0.380 e. The van der Waals surface area contributed by atoms with Crippen LogP contribution in [0.3, 0.4) is 0 Å². The molecule has 1 aromatic heterocycles. The van der Waals surface area contributed by atoms with Crippen LogP contribution in [0.15, 0.2) is 18.2 Å². The van der Waals surface area contributed by atoms with E-state index in [1.807, 2.05) is 0 Å². The van der Waals surface area contributed by atoms with Crippen molar-refractivity contribution in [3.63, 3.8) is 0 Å². The molecule has 2 aliphatic carbocycles. The van der Waals surface area contributed by atoms with Crippen LogP contribution in [0.2, 0.25) is 0 Å². The largest absolute Gasteiger partial charge is 0.435 e. The fraction of sp³-hybridized carbons (Fsp3) is 0.615. The van der Waals surface area contributed by atoms with Gasteiger partial charge in [0.25, 0.3) is 5.91 Å². The maximum absolute atomic E-state index is 13.8. The monoisotopic (exact) mass is 489 g/mol. The van der Waals surface area contributed by atoms with Crippen LogP contribution < -0.4 is 11.1 Å². The molecule has 0 spiro atoms. The lowest BCUT2D eigenvalue weighted by Gasteiger charge is -2.34. The molecule has 3 N–H and O–H groups in total. The van der Waals surface area contributed by atoms with Crippen LogP contribution in [0, 0.1) is 11.3 Å². The van der Waals surface area contributed by atoms with Crippen molar-refractivity contribution in [2.45, 2.75) is 71.0 Å². The summed E-state index contributed by atoms with van der Waals surface area (Å²) < 4.78 is 42.9. The van der Waals surface area contributed by atoms with Crippen molar-refractivity contribution in [2.75, 3.05) is 25.0 Å². The van der Waals surface area contributed by atoms with Crippen LogP contribution in [0.1, 0.15) is 73.3 Å². The van der Waals surface area contributed by atoms with Gasteiger partial charge in [0.2, 0.25) is 0 Å². The zero-order valence-electron chi connectivity index (χ0n) is 20.4. The lowest BCUT2D eigenvalue weighted by atomic mass is 9.76. The molecule has 1 saturated heterocycles. The first-order valence-electron chi connectivity index (χ1n) is 12.6. The third-order valence-electron chi connectivity index (χ3n) is 7.65. The van der Waals surface area contributed by atoms with E-state index in [4.69, 9.17) is 5.73 Å². The van der Waals surface area contributed by atoms with Crippen molar-refractivity contribution in [3.05, 3.63) is 40.7 Å². The van der Waals surface area contributed by atoms with Gasteiger partial charge in [-0.05, 0) is 81.0 Å². The number of benzene rings is 1. The Morgan fingerprint density at radius 1 is 1.26 bits per heavy atom. The van der Waals surface area contributed by atoms with Gasteiger partial charge in [-0.3, -0.25) is 4.79 Å². The molecule has 1 saturated carbocycles. The number of aromatic nitrogens is 2. The number of fused-ring (bicyclic) bond motifs is 1. The van der Waals surface area contributed by atoms with Gasteiger partial charge in [0.05, 0.1) is 11.3 Å². The summed E-state index contributed by atoms with van der Waals surface area (Å²) >= 11 is 0. The minimum absolute atomic E-state index is 0.116. The molecule has 2 aromatic rings. The normalized spacial score (nSPS) is 22.6. The van der Waals surface area contributed by atoms with Crippen molar-refractivity contribution in [1.29, 1.82) is 0 Å². The number of likely N-dealkylation sites (tertiary alicyclic amines) is 1. The second-order valence-corrected chi connectivity index (χ2v) is 11.3. The Kier molecular flexibility index (Phi) is 6.10. The molecule has 9 heteroatoms. The van der Waals surface area contributed by atoms with Crippen molar-refractivity contribution < 1.29 is 18.0 Å². The van der Waals surface area contributed by atoms with Crippen LogP contribution in [0.4, 0.5) is 18.9 Å². The summed E-state index contributed by atoms with van der Waals surface area (Å²) in [6.07, 6.45) is 1.64. The predicted molar refractivity (Wildman–Crippen MR) is 129 cm³/mol. The van der Waals surface area contributed by atoms with Gasteiger partial charge in [0, 0.05) is 36.1 Å². The zero-order chi connectivity index (χ0) is 25.0. The number of nitrogens with zero attached hydrogens (tertiary/aromatic N) is 3. The summed E-state index contributed by atoms with van der Waals surface area (Å²) in [7, 11) is 0. The fourth-order valence-electron chi connectivity index (χ4n) is 5.60. The minimum Gasteiger partial charge on any atom is -0.380 e. The van der Waals surface area contributed by atoms with Crippen LogP contribution in [-0.2, 0) is 19.0 Å². The third kappa shape index (κ3) is 5.20. The second-order valence-electron chi connectivity index (χ2n) is 11.3. The summed E-state index contributed by atoms with van der Waals surface area (Å²) in [5.41, 5.74) is 7.02. The Labute approximate surface area is 204 Å². The number of nitrogens with two attached hydrogens (primary N) is 1. The number of rotatable bonds is 6. The number of hydrogen-bond donors (Lipinski definition) is 2. The first-order chi connectivity index (χ1) is 16.5. The van der Waals surface area contributed by atoms with Gasteiger partial charge < -0.3 is 16.0 Å². The molecule has 0 unspecified atom stereocenters. The van der Waals surface area contributed by atoms with Crippen molar-refractivity contribution in [2.24, 2.45) is 17.1 Å². The Morgan fingerprint density at radius 2 is 2.03 bits per heavy atom. The molecule has 3 aliphatic rings. The van der Waals surface area contributed by atoms with Gasteiger partial charge in [0.1, 0.15) is 0 Å². The van der Waals surface area contributed by atoms with Gasteiger partial charge in [0.15, 0.2) is 5.69 Å². The molecule has 2 fully saturated rings. The van der Waals surface area contributed by atoms with E-state index < -0.39 is 17.8 Å². The standard InChI is InChI=1S/C26H34F3N5O/c1-25(2)10-9-20-22(13-25)34(32-23(20)26(27,28)29)18-7-8-19(24(30)35)21(12-18)31-17-4-3-11-33(15-17)14-16-5-6-16/h7-8,12,16-17,31H,3-6,9-11,13-15H2,1-2H3,(H2,30,35)/t17-/m0/s1. The Morgan fingerprint density at radius 3 is 2.71 bits per heavy atom. The fourth-order valence-corrected chi connectivity index (χ4v) is 5.60. The molecule has 5 rings (SSSR count). The van der Waals surface area contributed by atoms with Crippen LogP contribution in [0.25, 0.3) is 5.69 Å². The van der Waals surface area contributed by atoms with E-state index >= 15 is 0 Å². The third-order valence-corrected chi connectivity index (χ3v) is 7.65. The molecule has 1 amide bonds. The van der Waals surface area contributed by atoms with E-state index in [2.05, 4.69) is 29.2 Å². The number of amides is 1. The van der Waals surface area contributed by atoms with Gasteiger partial charge in [-0.2, -0.15) is 18.3 Å². The second kappa shape index (κ2) is 8.84. The predicted octanol–water partition coefficient (Wildman–Crippen LogP) is 4.79. The highest BCUT2D eigenvalue weighted by Gasteiger charge is 2.42. The lowest BCUT2D eigenvalue weighted by molar-refractivity contribution is -0.142. The number of alkyl halides is 3. The number of primary amides is 1. The molecule has 0 radical (unpaired) electrons. The average molecular weight is 490 g/mol. The Bertz CT molecular complexity index is 1120. The van der Waals surface area contributed by atoms with Crippen LogP contribution in [0.5, 0.6) is 0 Å². The molecule has 0 bridgehead atoms. The average Bonchev–Trinajstić information content (AvgIpc) is 3.50. The summed E-state index contributed by atoms with van der Waals surface area (Å²) in [4.78, 5) is 14.6. The summed E-state index contributed by atoms with van der Waals surface area (Å²) in [6.45, 7) is 7.20. The number of nitrogens with one attached hydrogen (secondary N) is 1. The number of halogens is 3. The first-order valence-corrected chi connectivity index (χ1v) is 12.6. The van der Waals surface area contributed by atoms with Crippen molar-refractivity contribution in [3.8, 4) is 5.69 Å². The first kappa shape index (κ1) is 24.2. The lowest BCUT2D eigenvalue weighted by Crippen LogP contribution is -2.43. The van der Waals surface area contributed by atoms with E-state index in [1.54, 1.807) is 18.2 Å². The number of anilines is 1. The Balaban J connectivity index is 1.49. The summed E-state index contributed by atoms with van der Waals surface area (Å²) in [6, 6.07) is 5.11. The van der Waals surface area contributed by atoms with E-state index in [0.717, 1.165) is 38.4 Å². The molecule has 1 aromatic carbocycles. The van der Waals surface area contributed by atoms with Gasteiger partial charge >= 0.3 is 6.18 Å². The maximum atomic E-state index is 13.8. The van der Waals surface area contributed by atoms with Crippen molar-refractivity contribution in [1.82, 2.24) is 14.7 Å². The maximum Gasteiger partial charge on any atom is 0.435 e. The SMILES string of the molecule is CC1(C)CCc2c(C(F)(F)F)nn(-c3ccc(C(N)=O)c(N[C@H]4CCCN(CC5CC5)C4)c3)c2C1. The Hall–Kier alpha value is -2.55. The quantitative estimate of drug-likeness (QED) is 0.612. The number of hydrogen-bond acceptors (Lipinski definition) is 4. The van der Waals surface area contributed by atoms with Crippen molar-refractivity contribution >= 4 is 11.6 Å². The molecular weight excluding hydrogens is 455 g/mol. The molecule has 1 atom stereocenters. The van der Waals surface area contributed by atoms with E-state index in [1.165, 1.54) is 17.5 Å². The van der Waals surface area contributed by atoms with Gasteiger partial charge in [-0.1, -0.05) is 13.8 Å². The molecule has 6 nitrogen and oxygen atoms in total. The highest BCUT2D eigenvalue weighted by Crippen LogP contribution is 2.42. The van der Waals surface area contributed by atoms with Gasteiger partial charge in [-0.15, -0.1) is 0 Å². The van der Waals surface area contributed by atoms with E-state index in [9.17, 15) is 18.0 Å². The highest BCUT2D eigenvalue weighted by atomic mass is 19.4. The summed E-state index contributed by atoms with van der Waals surface area (Å²) in [5.74, 6) is 0.237. The van der Waals surface area contributed by atoms with Crippen LogP contribution >= 0.6 is 0 Å². The zero-order valence-corrected chi connectivity index (χ0v) is 20.4. The molecular formula is C26H34F3N5O. The molecule has 190 valence electrons. The van der Waals surface area contributed by atoms with Gasteiger partial charge in [-0.25, -0.2) is 4.68 Å². The topological polar surface area (TPSA) is 76.2 Å². The molecule has 2 heterocycles. The number of carbonyl (C=O) groups excluding carboxylic acids is 1. The van der Waals surface area contributed by atoms with Crippen LogP contribution in [-0.4, -0.2) is 46.3 Å². The molecule has 1 aliphatic heterocycles. The number of carbonyl (C=O) groups is 1. The van der Waals surface area contributed by atoms with E-state index in [-0.39, 0.29) is 17.0 Å². The number of piperidine rings is 1. The summed E-state index contributed by atoms with van der Waals surface area (Å²) in [5, 5.41) is 7.54. The minimum atomic E-state index is -4.52. The van der Waals surface area contributed by atoms with E-state index in [0.29, 0.717) is 41.9 Å². The highest BCUT2D eigenvalue weighted by molar-refractivity contribution is 5.99.